The quantitative estimate of drug-likeness (QED) is 0.890. The minimum Gasteiger partial charge on any atom is -0.382 e. The number of urea groups is 1. The van der Waals surface area contributed by atoms with E-state index in [2.05, 4.69) is 10.6 Å². The van der Waals surface area contributed by atoms with Crippen molar-refractivity contribution in [3.63, 3.8) is 0 Å². The van der Waals surface area contributed by atoms with Crippen LogP contribution in [0.3, 0.4) is 0 Å². The van der Waals surface area contributed by atoms with Crippen molar-refractivity contribution >= 4 is 11.7 Å². The third-order valence-corrected chi connectivity index (χ3v) is 5.01. The van der Waals surface area contributed by atoms with Crippen LogP contribution in [0.5, 0.6) is 0 Å². The van der Waals surface area contributed by atoms with Crippen LogP contribution in [0.2, 0.25) is 0 Å². The van der Waals surface area contributed by atoms with Crippen molar-refractivity contribution in [3.05, 3.63) is 30.1 Å². The van der Waals surface area contributed by atoms with Gasteiger partial charge in [0.1, 0.15) is 5.82 Å². The smallest absolute Gasteiger partial charge is 0.317 e. The minimum absolute atomic E-state index is 0.0807. The molecular formula is C18H26FN3O. The molecule has 0 aromatic heterocycles. The fourth-order valence-electron chi connectivity index (χ4n) is 3.57. The van der Waals surface area contributed by atoms with E-state index in [1.165, 1.54) is 37.8 Å². The summed E-state index contributed by atoms with van der Waals surface area (Å²) in [5.74, 6) is 0.459. The predicted octanol–water partition coefficient (Wildman–Crippen LogP) is 3.60. The molecule has 1 aliphatic heterocycles. The monoisotopic (exact) mass is 319 g/mol. The van der Waals surface area contributed by atoms with E-state index in [0.29, 0.717) is 12.0 Å². The first-order valence-electron chi connectivity index (χ1n) is 8.75. The number of carbonyl (C=O) groups is 1. The molecule has 1 aromatic carbocycles. The molecule has 2 amide bonds. The summed E-state index contributed by atoms with van der Waals surface area (Å²) in [5.41, 5.74) is 0.940. The maximum Gasteiger partial charge on any atom is 0.317 e. The molecule has 4 nitrogen and oxygen atoms in total. The summed E-state index contributed by atoms with van der Waals surface area (Å²) in [6, 6.07) is 6.88. The highest BCUT2D eigenvalue weighted by atomic mass is 19.1. The Morgan fingerprint density at radius 2 is 1.74 bits per heavy atom. The number of hydrogen-bond donors (Lipinski definition) is 2. The third kappa shape index (κ3) is 4.60. The van der Waals surface area contributed by atoms with Crippen LogP contribution in [-0.2, 0) is 0 Å². The first-order valence-corrected chi connectivity index (χ1v) is 8.75. The van der Waals surface area contributed by atoms with Gasteiger partial charge >= 0.3 is 6.03 Å². The van der Waals surface area contributed by atoms with Crippen molar-refractivity contribution in [2.24, 2.45) is 5.92 Å². The van der Waals surface area contributed by atoms with Gasteiger partial charge in [0.2, 0.25) is 0 Å². The zero-order valence-electron chi connectivity index (χ0n) is 13.6. The van der Waals surface area contributed by atoms with E-state index in [-0.39, 0.29) is 11.8 Å². The number of carbonyl (C=O) groups excluding carboxylic acids is 1. The molecule has 0 spiro atoms. The molecule has 0 bridgehead atoms. The fraction of sp³-hybridized carbons (Fsp3) is 0.611. The maximum atomic E-state index is 12.9. The number of amides is 2. The highest BCUT2D eigenvalue weighted by Crippen LogP contribution is 2.24. The third-order valence-electron chi connectivity index (χ3n) is 5.01. The number of halogens is 1. The number of hydrogen-bond acceptors (Lipinski definition) is 2. The Hall–Kier alpha value is -1.78. The van der Waals surface area contributed by atoms with E-state index < -0.39 is 0 Å². The number of anilines is 1. The number of rotatable bonds is 4. The molecule has 1 aliphatic carbocycles. The van der Waals surface area contributed by atoms with Crippen LogP contribution in [0.4, 0.5) is 14.9 Å². The maximum absolute atomic E-state index is 12.9. The Labute approximate surface area is 137 Å². The number of piperidine rings is 1. The zero-order chi connectivity index (χ0) is 16.1. The first kappa shape index (κ1) is 16.1. The molecule has 0 unspecified atom stereocenters. The molecule has 2 N–H and O–H groups in total. The second kappa shape index (κ2) is 7.66. The van der Waals surface area contributed by atoms with Crippen LogP contribution in [0.15, 0.2) is 24.3 Å². The molecule has 3 rings (SSSR count). The van der Waals surface area contributed by atoms with Crippen LogP contribution < -0.4 is 10.6 Å². The Morgan fingerprint density at radius 1 is 1.09 bits per heavy atom. The molecule has 5 heteroatoms. The Balaban J connectivity index is 1.39. The summed E-state index contributed by atoms with van der Waals surface area (Å²) >= 11 is 0. The van der Waals surface area contributed by atoms with Crippen LogP contribution in [0.1, 0.15) is 38.5 Å². The summed E-state index contributed by atoms with van der Waals surface area (Å²) in [6.07, 6.45) is 6.97. The van der Waals surface area contributed by atoms with E-state index in [0.717, 1.165) is 38.2 Å². The van der Waals surface area contributed by atoms with Crippen molar-refractivity contribution in [3.8, 4) is 0 Å². The van der Waals surface area contributed by atoms with Crippen molar-refractivity contribution < 1.29 is 9.18 Å². The predicted molar refractivity (Wildman–Crippen MR) is 90.0 cm³/mol. The van der Waals surface area contributed by atoms with Gasteiger partial charge in [-0.25, -0.2) is 9.18 Å². The van der Waals surface area contributed by atoms with Gasteiger partial charge < -0.3 is 15.5 Å². The number of nitrogens with one attached hydrogen (secondary N) is 2. The standard InChI is InChI=1S/C18H26FN3O/c19-15-5-7-16(8-6-15)21-17-9-11-22(12-10-17)18(23)20-13-14-3-1-2-4-14/h5-8,14,17,21H,1-4,9-13H2,(H,20,23). The van der Waals surface area contributed by atoms with E-state index >= 15 is 0 Å². The topological polar surface area (TPSA) is 44.4 Å². The highest BCUT2D eigenvalue weighted by Gasteiger charge is 2.23. The van der Waals surface area contributed by atoms with Gasteiger partial charge in [0.05, 0.1) is 0 Å². The minimum atomic E-state index is -0.218. The van der Waals surface area contributed by atoms with Crippen molar-refractivity contribution in [1.29, 1.82) is 0 Å². The number of benzene rings is 1. The summed E-state index contributed by atoms with van der Waals surface area (Å²) in [4.78, 5) is 14.1. The summed E-state index contributed by atoms with van der Waals surface area (Å²) < 4.78 is 12.9. The van der Waals surface area contributed by atoms with Gasteiger partial charge in [0, 0.05) is 31.4 Å². The van der Waals surface area contributed by atoms with Crippen molar-refractivity contribution in [2.45, 2.75) is 44.6 Å². The molecule has 2 aliphatic rings. The lowest BCUT2D eigenvalue weighted by Crippen LogP contribution is -2.47. The number of likely N-dealkylation sites (tertiary alicyclic amines) is 1. The first-order chi connectivity index (χ1) is 11.2. The molecule has 126 valence electrons. The summed E-state index contributed by atoms with van der Waals surface area (Å²) in [5, 5.41) is 6.51. The molecule has 1 saturated carbocycles. The Bertz CT molecular complexity index is 506. The van der Waals surface area contributed by atoms with E-state index in [9.17, 15) is 9.18 Å². The van der Waals surface area contributed by atoms with Crippen LogP contribution >= 0.6 is 0 Å². The van der Waals surface area contributed by atoms with Gasteiger partial charge in [-0.2, -0.15) is 0 Å². The van der Waals surface area contributed by atoms with Crippen LogP contribution in [0.25, 0.3) is 0 Å². The van der Waals surface area contributed by atoms with Gasteiger partial charge in [-0.15, -0.1) is 0 Å². The molecule has 23 heavy (non-hydrogen) atoms. The lowest BCUT2D eigenvalue weighted by atomic mass is 10.0. The molecule has 2 fully saturated rings. The van der Waals surface area contributed by atoms with Crippen molar-refractivity contribution in [1.82, 2.24) is 10.2 Å². The molecule has 0 atom stereocenters. The molecule has 1 saturated heterocycles. The van der Waals surface area contributed by atoms with Gasteiger partial charge in [0.15, 0.2) is 0 Å². The van der Waals surface area contributed by atoms with Crippen molar-refractivity contribution in [2.75, 3.05) is 25.0 Å². The number of nitrogens with zero attached hydrogens (tertiary/aromatic N) is 1. The average molecular weight is 319 g/mol. The van der Waals surface area contributed by atoms with Gasteiger partial charge in [-0.05, 0) is 55.9 Å². The molecule has 0 radical (unpaired) electrons. The van der Waals surface area contributed by atoms with E-state index in [1.54, 1.807) is 12.1 Å². The summed E-state index contributed by atoms with van der Waals surface area (Å²) in [7, 11) is 0. The fourth-order valence-corrected chi connectivity index (χ4v) is 3.57. The Morgan fingerprint density at radius 3 is 2.39 bits per heavy atom. The average Bonchev–Trinajstić information content (AvgIpc) is 3.09. The largest absolute Gasteiger partial charge is 0.382 e. The van der Waals surface area contributed by atoms with Crippen LogP contribution in [-0.4, -0.2) is 36.6 Å². The van der Waals surface area contributed by atoms with E-state index in [1.807, 2.05) is 4.90 Å². The lowest BCUT2D eigenvalue weighted by Gasteiger charge is -2.33. The second-order valence-electron chi connectivity index (χ2n) is 6.75. The Kier molecular flexibility index (Phi) is 5.36. The molecular weight excluding hydrogens is 293 g/mol. The van der Waals surface area contributed by atoms with Gasteiger partial charge in [-0.3, -0.25) is 0 Å². The lowest BCUT2D eigenvalue weighted by molar-refractivity contribution is 0.182. The van der Waals surface area contributed by atoms with Crippen LogP contribution in [0, 0.1) is 11.7 Å². The van der Waals surface area contributed by atoms with Gasteiger partial charge in [0.25, 0.3) is 0 Å². The zero-order valence-corrected chi connectivity index (χ0v) is 13.6. The van der Waals surface area contributed by atoms with E-state index in [4.69, 9.17) is 0 Å². The normalized spacial score (nSPS) is 19.8. The second-order valence-corrected chi connectivity index (χ2v) is 6.75. The molecule has 1 heterocycles. The molecule has 1 aromatic rings. The SMILES string of the molecule is O=C(NCC1CCCC1)N1CCC(Nc2ccc(F)cc2)CC1. The van der Waals surface area contributed by atoms with Gasteiger partial charge in [-0.1, -0.05) is 12.8 Å². The highest BCUT2D eigenvalue weighted by molar-refractivity contribution is 5.74. The summed E-state index contributed by atoms with van der Waals surface area (Å²) in [6.45, 7) is 2.37.